The molecule has 0 saturated heterocycles. The van der Waals surface area contributed by atoms with Crippen molar-refractivity contribution in [3.05, 3.63) is 23.4 Å². The molecule has 1 fully saturated rings. The summed E-state index contributed by atoms with van der Waals surface area (Å²) >= 11 is 5.11. The van der Waals surface area contributed by atoms with Crippen LogP contribution >= 0.6 is 12.2 Å². The first-order valence-electron chi connectivity index (χ1n) is 6.59. The summed E-state index contributed by atoms with van der Waals surface area (Å²) in [6.07, 6.45) is 5.80. The third-order valence-corrected chi connectivity index (χ3v) is 4.18. The van der Waals surface area contributed by atoms with E-state index in [2.05, 4.69) is 17.2 Å². The normalized spacial score (nSPS) is 23.0. The third-order valence-electron chi connectivity index (χ3n) is 3.98. The molecule has 0 amide bonds. The molecule has 2 atom stereocenters. The van der Waals surface area contributed by atoms with Gasteiger partial charge in [0, 0.05) is 12.7 Å². The SMILES string of the molecule is Cc1ccnc(NCC2CCCC2C)c1C(N)=S. The monoisotopic (exact) mass is 263 g/mol. The topological polar surface area (TPSA) is 50.9 Å². The van der Waals surface area contributed by atoms with Gasteiger partial charge in [0.25, 0.3) is 0 Å². The molecule has 0 spiro atoms. The maximum absolute atomic E-state index is 5.78. The second-order valence-corrected chi connectivity index (χ2v) is 5.70. The fraction of sp³-hybridized carbons (Fsp3) is 0.571. The van der Waals surface area contributed by atoms with Crippen molar-refractivity contribution >= 4 is 23.0 Å². The Morgan fingerprint density at radius 3 is 2.94 bits per heavy atom. The summed E-state index contributed by atoms with van der Waals surface area (Å²) in [4.78, 5) is 4.79. The van der Waals surface area contributed by atoms with Crippen LogP contribution in [0, 0.1) is 18.8 Å². The van der Waals surface area contributed by atoms with Gasteiger partial charge in [0.05, 0.1) is 5.56 Å². The van der Waals surface area contributed by atoms with Crippen molar-refractivity contribution in [2.24, 2.45) is 17.6 Å². The predicted octanol–water partition coefficient (Wildman–Crippen LogP) is 2.87. The molecular formula is C14H21N3S. The lowest BCUT2D eigenvalue weighted by molar-refractivity contribution is 0.439. The average molecular weight is 263 g/mol. The Hall–Kier alpha value is -1.16. The quantitative estimate of drug-likeness (QED) is 0.820. The van der Waals surface area contributed by atoms with Crippen LogP contribution < -0.4 is 11.1 Å². The summed E-state index contributed by atoms with van der Waals surface area (Å²) in [6, 6.07) is 1.94. The fourth-order valence-electron chi connectivity index (χ4n) is 2.76. The molecule has 1 aliphatic rings. The minimum absolute atomic E-state index is 0.419. The molecule has 0 bridgehead atoms. The zero-order chi connectivity index (χ0) is 13.1. The molecule has 2 rings (SSSR count). The highest BCUT2D eigenvalue weighted by Crippen LogP contribution is 2.31. The van der Waals surface area contributed by atoms with Gasteiger partial charge in [-0.3, -0.25) is 0 Å². The summed E-state index contributed by atoms with van der Waals surface area (Å²) in [5.74, 6) is 2.38. The molecular weight excluding hydrogens is 242 g/mol. The van der Waals surface area contributed by atoms with E-state index in [1.54, 1.807) is 6.20 Å². The molecule has 2 unspecified atom stereocenters. The molecule has 4 heteroatoms. The Labute approximate surface area is 114 Å². The lowest BCUT2D eigenvalue weighted by Crippen LogP contribution is -2.21. The van der Waals surface area contributed by atoms with Crippen LogP contribution in [0.3, 0.4) is 0 Å². The Kier molecular flexibility index (Phi) is 4.17. The number of thiocarbonyl (C=S) groups is 1. The molecule has 1 aliphatic carbocycles. The van der Waals surface area contributed by atoms with Crippen LogP contribution in [-0.4, -0.2) is 16.5 Å². The first-order valence-corrected chi connectivity index (χ1v) is 6.99. The first-order chi connectivity index (χ1) is 8.59. The van der Waals surface area contributed by atoms with E-state index in [9.17, 15) is 0 Å². The van der Waals surface area contributed by atoms with Gasteiger partial charge < -0.3 is 11.1 Å². The lowest BCUT2D eigenvalue weighted by Gasteiger charge is -2.18. The molecule has 0 aromatic carbocycles. The Bertz CT molecular complexity index is 445. The smallest absolute Gasteiger partial charge is 0.136 e. The number of aryl methyl sites for hydroxylation is 1. The maximum Gasteiger partial charge on any atom is 0.136 e. The zero-order valence-electron chi connectivity index (χ0n) is 11.1. The van der Waals surface area contributed by atoms with E-state index < -0.39 is 0 Å². The average Bonchev–Trinajstić information content (AvgIpc) is 2.71. The van der Waals surface area contributed by atoms with Gasteiger partial charge in [-0.05, 0) is 36.8 Å². The summed E-state index contributed by atoms with van der Waals surface area (Å²) in [5.41, 5.74) is 7.75. The van der Waals surface area contributed by atoms with Gasteiger partial charge >= 0.3 is 0 Å². The molecule has 0 radical (unpaired) electrons. The van der Waals surface area contributed by atoms with Crippen LogP contribution in [0.25, 0.3) is 0 Å². The molecule has 1 aromatic heterocycles. The van der Waals surface area contributed by atoms with Crippen molar-refractivity contribution in [3.63, 3.8) is 0 Å². The van der Waals surface area contributed by atoms with Crippen molar-refractivity contribution < 1.29 is 0 Å². The summed E-state index contributed by atoms with van der Waals surface area (Å²) < 4.78 is 0. The number of hydrogen-bond donors (Lipinski definition) is 2. The fourth-order valence-corrected chi connectivity index (χ4v) is 3.01. The van der Waals surface area contributed by atoms with E-state index in [0.29, 0.717) is 4.99 Å². The van der Waals surface area contributed by atoms with E-state index in [-0.39, 0.29) is 0 Å². The number of pyridine rings is 1. The van der Waals surface area contributed by atoms with Crippen LogP contribution in [0.15, 0.2) is 12.3 Å². The van der Waals surface area contributed by atoms with Crippen LogP contribution in [-0.2, 0) is 0 Å². The van der Waals surface area contributed by atoms with E-state index in [1.807, 2.05) is 13.0 Å². The molecule has 98 valence electrons. The van der Waals surface area contributed by atoms with E-state index in [1.165, 1.54) is 19.3 Å². The number of aromatic nitrogens is 1. The van der Waals surface area contributed by atoms with Crippen molar-refractivity contribution in [1.29, 1.82) is 0 Å². The molecule has 18 heavy (non-hydrogen) atoms. The highest BCUT2D eigenvalue weighted by Gasteiger charge is 2.23. The van der Waals surface area contributed by atoms with Gasteiger partial charge in [-0.25, -0.2) is 4.98 Å². The Morgan fingerprint density at radius 2 is 2.33 bits per heavy atom. The number of hydrogen-bond acceptors (Lipinski definition) is 3. The maximum atomic E-state index is 5.78. The molecule has 0 aliphatic heterocycles. The minimum Gasteiger partial charge on any atom is -0.389 e. The van der Waals surface area contributed by atoms with E-state index in [0.717, 1.165) is 35.3 Å². The number of nitrogens with two attached hydrogens (primary N) is 1. The first kappa shape index (κ1) is 13.3. The molecule has 1 aromatic rings. The predicted molar refractivity (Wildman–Crippen MR) is 79.9 cm³/mol. The summed E-state index contributed by atoms with van der Waals surface area (Å²) in [7, 11) is 0. The van der Waals surface area contributed by atoms with Gasteiger partial charge in [-0.2, -0.15) is 0 Å². The molecule has 1 heterocycles. The second-order valence-electron chi connectivity index (χ2n) is 5.26. The van der Waals surface area contributed by atoms with Crippen LogP contribution in [0.5, 0.6) is 0 Å². The molecule has 3 nitrogen and oxygen atoms in total. The summed E-state index contributed by atoms with van der Waals surface area (Å²) in [6.45, 7) is 5.31. The Balaban J connectivity index is 2.09. The number of anilines is 1. The largest absolute Gasteiger partial charge is 0.389 e. The van der Waals surface area contributed by atoms with Gasteiger partial charge in [-0.1, -0.05) is 32.0 Å². The standard InChI is InChI=1S/C14H21N3S/c1-9-4-3-5-11(9)8-17-14-12(13(15)18)10(2)6-7-16-14/h6-7,9,11H,3-5,8H2,1-2H3,(H2,15,18)(H,16,17). The zero-order valence-corrected chi connectivity index (χ0v) is 11.9. The van der Waals surface area contributed by atoms with Gasteiger partial charge in [0.1, 0.15) is 10.8 Å². The number of nitrogens with zero attached hydrogens (tertiary/aromatic N) is 1. The highest BCUT2D eigenvalue weighted by atomic mass is 32.1. The third kappa shape index (κ3) is 2.80. The van der Waals surface area contributed by atoms with Gasteiger partial charge in [0.15, 0.2) is 0 Å². The molecule has 1 saturated carbocycles. The number of nitrogens with one attached hydrogen (secondary N) is 1. The Morgan fingerprint density at radius 1 is 1.56 bits per heavy atom. The van der Waals surface area contributed by atoms with Gasteiger partial charge in [0.2, 0.25) is 0 Å². The number of rotatable bonds is 4. The lowest BCUT2D eigenvalue weighted by atomic mass is 9.98. The van der Waals surface area contributed by atoms with Gasteiger partial charge in [-0.15, -0.1) is 0 Å². The van der Waals surface area contributed by atoms with Crippen LogP contribution in [0.4, 0.5) is 5.82 Å². The minimum atomic E-state index is 0.419. The molecule has 3 N–H and O–H groups in total. The second kappa shape index (κ2) is 5.65. The highest BCUT2D eigenvalue weighted by molar-refractivity contribution is 7.80. The van der Waals surface area contributed by atoms with Crippen LogP contribution in [0.1, 0.15) is 37.3 Å². The summed E-state index contributed by atoms with van der Waals surface area (Å²) in [5, 5.41) is 3.43. The van der Waals surface area contributed by atoms with Crippen LogP contribution in [0.2, 0.25) is 0 Å². The van der Waals surface area contributed by atoms with Crippen molar-refractivity contribution in [2.45, 2.75) is 33.1 Å². The van der Waals surface area contributed by atoms with E-state index in [4.69, 9.17) is 18.0 Å². The van der Waals surface area contributed by atoms with Crippen molar-refractivity contribution in [3.8, 4) is 0 Å². The van der Waals surface area contributed by atoms with E-state index >= 15 is 0 Å². The van der Waals surface area contributed by atoms with Crippen molar-refractivity contribution in [1.82, 2.24) is 4.98 Å². The van der Waals surface area contributed by atoms with Crippen molar-refractivity contribution in [2.75, 3.05) is 11.9 Å².